The molecule has 2 heterocycles. The number of likely N-dealkylation sites (N-methyl/N-ethyl adjacent to an activating group) is 1. The average molecular weight is 219 g/mol. The molecule has 0 aromatic carbocycles. The summed E-state index contributed by atoms with van der Waals surface area (Å²) in [6.07, 6.45) is 0. The Bertz CT molecular complexity index is 476. The first-order chi connectivity index (χ1) is 7.76. The van der Waals surface area contributed by atoms with Crippen LogP contribution in [-0.2, 0) is 0 Å². The van der Waals surface area contributed by atoms with Crippen LogP contribution in [0, 0.1) is 6.92 Å². The molecular weight excluding hydrogens is 202 g/mol. The molecule has 0 radical (unpaired) electrons. The Morgan fingerprint density at radius 1 is 1.44 bits per heavy atom. The topological polar surface area (TPSA) is 59.5 Å². The molecule has 5 heteroatoms. The van der Waals surface area contributed by atoms with E-state index in [2.05, 4.69) is 21.9 Å². The van der Waals surface area contributed by atoms with Crippen molar-refractivity contribution in [3.8, 4) is 0 Å². The maximum atomic E-state index is 5.56. The molecule has 0 amide bonds. The Morgan fingerprint density at radius 2 is 2.25 bits per heavy atom. The Morgan fingerprint density at radius 3 is 2.88 bits per heavy atom. The highest BCUT2D eigenvalue weighted by molar-refractivity contribution is 5.45. The molecule has 2 aromatic heterocycles. The number of aromatic nitrogens is 3. The fourth-order valence-corrected chi connectivity index (χ4v) is 1.71. The van der Waals surface area contributed by atoms with Gasteiger partial charge in [-0.3, -0.25) is 0 Å². The zero-order chi connectivity index (χ0) is 11.5. The molecule has 16 heavy (non-hydrogen) atoms. The van der Waals surface area contributed by atoms with E-state index >= 15 is 0 Å². The van der Waals surface area contributed by atoms with Crippen LogP contribution in [-0.4, -0.2) is 34.2 Å². The van der Waals surface area contributed by atoms with Crippen LogP contribution in [0.15, 0.2) is 18.2 Å². The van der Waals surface area contributed by atoms with E-state index < -0.39 is 0 Å². The van der Waals surface area contributed by atoms with Gasteiger partial charge in [0.15, 0.2) is 5.65 Å². The van der Waals surface area contributed by atoms with E-state index in [1.54, 1.807) is 0 Å². The van der Waals surface area contributed by atoms with Gasteiger partial charge in [-0.25, -0.2) is 4.52 Å². The maximum absolute atomic E-state index is 5.56. The zero-order valence-corrected chi connectivity index (χ0v) is 9.72. The van der Waals surface area contributed by atoms with Crippen LogP contribution in [0.5, 0.6) is 0 Å². The van der Waals surface area contributed by atoms with Gasteiger partial charge in [0.1, 0.15) is 0 Å². The second-order valence-electron chi connectivity index (χ2n) is 3.72. The van der Waals surface area contributed by atoms with Gasteiger partial charge in [-0.1, -0.05) is 6.07 Å². The van der Waals surface area contributed by atoms with Crippen molar-refractivity contribution in [3.05, 3.63) is 23.9 Å². The van der Waals surface area contributed by atoms with Crippen LogP contribution in [0.3, 0.4) is 0 Å². The molecule has 0 aliphatic carbocycles. The molecule has 0 unspecified atom stereocenters. The standard InChI is InChI=1S/C11H17N5/c1-3-15(8-7-12)11-13-10-6-4-5-9(2)16(10)14-11/h4-6H,3,7-8,12H2,1-2H3. The first kappa shape index (κ1) is 10.9. The van der Waals surface area contributed by atoms with Crippen molar-refractivity contribution in [1.29, 1.82) is 0 Å². The lowest BCUT2D eigenvalue weighted by Crippen LogP contribution is -2.30. The number of nitrogens with two attached hydrogens (primary N) is 1. The lowest BCUT2D eigenvalue weighted by molar-refractivity contribution is 0.775. The van der Waals surface area contributed by atoms with Gasteiger partial charge in [-0.05, 0) is 26.0 Å². The van der Waals surface area contributed by atoms with Crippen molar-refractivity contribution in [2.24, 2.45) is 5.73 Å². The molecule has 86 valence electrons. The normalized spacial score (nSPS) is 10.9. The lowest BCUT2D eigenvalue weighted by atomic mass is 10.4. The molecule has 0 fully saturated rings. The van der Waals surface area contributed by atoms with E-state index in [1.807, 2.05) is 29.6 Å². The summed E-state index contributed by atoms with van der Waals surface area (Å²) in [4.78, 5) is 6.56. The van der Waals surface area contributed by atoms with Crippen LogP contribution in [0.4, 0.5) is 5.95 Å². The largest absolute Gasteiger partial charge is 0.339 e. The van der Waals surface area contributed by atoms with Gasteiger partial charge in [0.25, 0.3) is 0 Å². The van der Waals surface area contributed by atoms with Gasteiger partial charge in [-0.2, -0.15) is 4.98 Å². The molecule has 0 aliphatic rings. The number of aryl methyl sites for hydroxylation is 1. The minimum Gasteiger partial charge on any atom is -0.339 e. The first-order valence-corrected chi connectivity index (χ1v) is 5.53. The second-order valence-corrected chi connectivity index (χ2v) is 3.72. The van der Waals surface area contributed by atoms with Crippen molar-refractivity contribution in [2.75, 3.05) is 24.5 Å². The highest BCUT2D eigenvalue weighted by atomic mass is 15.4. The Balaban J connectivity index is 2.42. The number of nitrogens with zero attached hydrogens (tertiary/aromatic N) is 4. The third kappa shape index (κ3) is 1.86. The van der Waals surface area contributed by atoms with Crippen LogP contribution in [0.25, 0.3) is 5.65 Å². The number of rotatable bonds is 4. The number of hydrogen-bond acceptors (Lipinski definition) is 4. The zero-order valence-electron chi connectivity index (χ0n) is 9.72. The van der Waals surface area contributed by atoms with Crippen molar-refractivity contribution >= 4 is 11.6 Å². The maximum Gasteiger partial charge on any atom is 0.245 e. The second kappa shape index (κ2) is 4.49. The number of anilines is 1. The van der Waals surface area contributed by atoms with Gasteiger partial charge in [0.05, 0.1) is 0 Å². The van der Waals surface area contributed by atoms with Crippen LogP contribution < -0.4 is 10.6 Å². The van der Waals surface area contributed by atoms with E-state index in [0.29, 0.717) is 6.54 Å². The van der Waals surface area contributed by atoms with Gasteiger partial charge in [-0.15, -0.1) is 5.10 Å². The predicted octanol–water partition coefficient (Wildman–Crippen LogP) is 0.823. The number of hydrogen-bond donors (Lipinski definition) is 1. The van der Waals surface area contributed by atoms with E-state index in [1.165, 1.54) is 0 Å². The monoisotopic (exact) mass is 219 g/mol. The summed E-state index contributed by atoms with van der Waals surface area (Å²) in [5, 5.41) is 4.48. The summed E-state index contributed by atoms with van der Waals surface area (Å²) < 4.78 is 1.86. The highest BCUT2D eigenvalue weighted by Gasteiger charge is 2.10. The van der Waals surface area contributed by atoms with Crippen LogP contribution in [0.2, 0.25) is 0 Å². The van der Waals surface area contributed by atoms with Crippen molar-refractivity contribution in [2.45, 2.75) is 13.8 Å². The molecule has 2 rings (SSSR count). The Kier molecular flexibility index (Phi) is 3.05. The molecule has 0 spiro atoms. The molecular formula is C11H17N5. The molecule has 5 nitrogen and oxygen atoms in total. The predicted molar refractivity (Wildman–Crippen MR) is 64.7 cm³/mol. The summed E-state index contributed by atoms with van der Waals surface area (Å²) in [5.41, 5.74) is 7.53. The summed E-state index contributed by atoms with van der Waals surface area (Å²) in [6, 6.07) is 5.97. The average Bonchev–Trinajstić information content (AvgIpc) is 2.71. The van der Waals surface area contributed by atoms with Crippen molar-refractivity contribution in [1.82, 2.24) is 14.6 Å². The Labute approximate surface area is 94.9 Å². The first-order valence-electron chi connectivity index (χ1n) is 5.53. The van der Waals surface area contributed by atoms with Gasteiger partial charge in [0, 0.05) is 25.3 Å². The van der Waals surface area contributed by atoms with Crippen molar-refractivity contribution < 1.29 is 0 Å². The van der Waals surface area contributed by atoms with E-state index in [9.17, 15) is 0 Å². The minimum absolute atomic E-state index is 0.613. The molecule has 0 atom stereocenters. The Hall–Kier alpha value is -1.62. The fourth-order valence-electron chi connectivity index (χ4n) is 1.71. The summed E-state index contributed by atoms with van der Waals surface area (Å²) in [7, 11) is 0. The van der Waals surface area contributed by atoms with E-state index in [0.717, 1.165) is 30.4 Å². The van der Waals surface area contributed by atoms with Crippen molar-refractivity contribution in [3.63, 3.8) is 0 Å². The molecule has 0 bridgehead atoms. The highest BCUT2D eigenvalue weighted by Crippen LogP contribution is 2.11. The lowest BCUT2D eigenvalue weighted by Gasteiger charge is -2.16. The third-order valence-electron chi connectivity index (χ3n) is 2.60. The number of pyridine rings is 1. The van der Waals surface area contributed by atoms with Gasteiger partial charge >= 0.3 is 0 Å². The fraction of sp³-hybridized carbons (Fsp3) is 0.455. The van der Waals surface area contributed by atoms with E-state index in [4.69, 9.17) is 5.73 Å². The molecule has 0 saturated heterocycles. The summed E-state index contributed by atoms with van der Waals surface area (Å²) in [5.74, 6) is 0.752. The summed E-state index contributed by atoms with van der Waals surface area (Å²) in [6.45, 7) is 6.36. The van der Waals surface area contributed by atoms with Gasteiger partial charge in [0.2, 0.25) is 5.95 Å². The third-order valence-corrected chi connectivity index (χ3v) is 2.60. The minimum atomic E-state index is 0.613. The quantitative estimate of drug-likeness (QED) is 0.827. The van der Waals surface area contributed by atoms with Crippen LogP contribution in [0.1, 0.15) is 12.6 Å². The molecule has 2 N–H and O–H groups in total. The molecule has 2 aromatic rings. The molecule has 0 aliphatic heterocycles. The van der Waals surface area contributed by atoms with Gasteiger partial charge < -0.3 is 10.6 Å². The van der Waals surface area contributed by atoms with Crippen LogP contribution >= 0.6 is 0 Å². The number of fused-ring (bicyclic) bond motifs is 1. The SMILES string of the molecule is CCN(CCN)c1nc2cccc(C)n2n1. The summed E-state index contributed by atoms with van der Waals surface area (Å²) >= 11 is 0. The molecule has 0 saturated carbocycles. The van der Waals surface area contributed by atoms with E-state index in [-0.39, 0.29) is 0 Å². The smallest absolute Gasteiger partial charge is 0.245 e.